The third-order valence-corrected chi connectivity index (χ3v) is 6.88. The van der Waals surface area contributed by atoms with Gasteiger partial charge < -0.3 is 0 Å². The van der Waals surface area contributed by atoms with Crippen molar-refractivity contribution in [2.45, 2.75) is 59.8 Å². The van der Waals surface area contributed by atoms with Crippen LogP contribution in [-0.4, -0.2) is 0 Å². The summed E-state index contributed by atoms with van der Waals surface area (Å²) in [5.74, 6) is 15.1. The Morgan fingerprint density at radius 1 is 0.636 bits per heavy atom. The quantitative estimate of drug-likeness (QED) is 0.364. The molecule has 0 amide bonds. The first kappa shape index (κ1) is 23.0. The van der Waals surface area contributed by atoms with Crippen LogP contribution in [0.4, 0.5) is 0 Å². The van der Waals surface area contributed by atoms with E-state index in [1.54, 1.807) is 0 Å². The maximum absolute atomic E-state index is 3.41. The SMILES string of the molecule is Cc1ccc(C#Cc2cc(C)c(C#Cc3ccc(CC4CCC(C)CC4)cc3)c(C)c2)cc1. The van der Waals surface area contributed by atoms with Crippen LogP contribution in [0, 0.1) is 56.3 Å². The van der Waals surface area contributed by atoms with Crippen LogP contribution in [0.2, 0.25) is 0 Å². The fourth-order valence-corrected chi connectivity index (χ4v) is 4.74. The summed E-state index contributed by atoms with van der Waals surface area (Å²) in [5, 5.41) is 0. The lowest BCUT2D eigenvalue weighted by Crippen LogP contribution is -2.14. The van der Waals surface area contributed by atoms with Crippen molar-refractivity contribution in [2.24, 2.45) is 11.8 Å². The third-order valence-electron chi connectivity index (χ3n) is 6.88. The topological polar surface area (TPSA) is 0 Å². The normalized spacial score (nSPS) is 17.5. The van der Waals surface area contributed by atoms with Gasteiger partial charge in [-0.3, -0.25) is 0 Å². The molecule has 3 aromatic carbocycles. The molecule has 3 aromatic rings. The average molecular weight is 431 g/mol. The smallest absolute Gasteiger partial charge is 0.0308 e. The Morgan fingerprint density at radius 3 is 1.76 bits per heavy atom. The Morgan fingerprint density at radius 2 is 1.15 bits per heavy atom. The van der Waals surface area contributed by atoms with Crippen LogP contribution in [0.25, 0.3) is 0 Å². The number of aryl methyl sites for hydroxylation is 3. The molecule has 0 aliphatic heterocycles. The summed E-state index contributed by atoms with van der Waals surface area (Å²) in [4.78, 5) is 0. The van der Waals surface area contributed by atoms with E-state index in [-0.39, 0.29) is 0 Å². The van der Waals surface area contributed by atoms with E-state index in [0.717, 1.165) is 34.1 Å². The minimum Gasteiger partial charge on any atom is -0.0625 e. The molecule has 1 saturated carbocycles. The van der Waals surface area contributed by atoms with Gasteiger partial charge in [0.15, 0.2) is 0 Å². The highest BCUT2D eigenvalue weighted by Gasteiger charge is 2.18. The second-order valence-electron chi connectivity index (χ2n) is 9.88. The molecule has 0 N–H and O–H groups in total. The highest BCUT2D eigenvalue weighted by atomic mass is 14.2. The summed E-state index contributed by atoms with van der Waals surface area (Å²) in [5.41, 5.74) is 9.33. The van der Waals surface area contributed by atoms with Crippen LogP contribution in [0.3, 0.4) is 0 Å². The second-order valence-corrected chi connectivity index (χ2v) is 9.88. The molecule has 0 unspecified atom stereocenters. The lowest BCUT2D eigenvalue weighted by molar-refractivity contribution is 0.289. The first-order valence-electron chi connectivity index (χ1n) is 12.3. The van der Waals surface area contributed by atoms with E-state index in [2.05, 4.69) is 112 Å². The van der Waals surface area contributed by atoms with Crippen LogP contribution in [-0.2, 0) is 6.42 Å². The Labute approximate surface area is 200 Å². The maximum atomic E-state index is 3.41. The minimum absolute atomic E-state index is 0.857. The first-order valence-corrected chi connectivity index (χ1v) is 12.3. The predicted molar refractivity (Wildman–Crippen MR) is 140 cm³/mol. The molecule has 0 saturated heterocycles. The van der Waals surface area contributed by atoms with Crippen LogP contribution in [0.5, 0.6) is 0 Å². The summed E-state index contributed by atoms with van der Waals surface area (Å²) < 4.78 is 0. The molecule has 166 valence electrons. The van der Waals surface area contributed by atoms with Gasteiger partial charge in [-0.2, -0.15) is 0 Å². The molecule has 0 heterocycles. The number of benzene rings is 3. The molecule has 4 rings (SSSR count). The standard InChI is InChI=1S/C33H34/c1-24-5-9-28(10-6-24)15-18-32-21-26(3)33(27(4)22-32)20-19-29-13-16-31(17-14-29)23-30-11-7-25(2)8-12-30/h5-6,9-10,13-14,16-17,21-22,25,30H,7-8,11-12,23H2,1-4H3. The Hall–Kier alpha value is -3.22. The molecular weight excluding hydrogens is 396 g/mol. The van der Waals surface area contributed by atoms with E-state index in [4.69, 9.17) is 0 Å². The van der Waals surface area contributed by atoms with Crippen molar-refractivity contribution in [2.75, 3.05) is 0 Å². The fourth-order valence-electron chi connectivity index (χ4n) is 4.74. The van der Waals surface area contributed by atoms with Gasteiger partial charge in [0, 0.05) is 22.3 Å². The summed E-state index contributed by atoms with van der Waals surface area (Å²) >= 11 is 0. The van der Waals surface area contributed by atoms with Gasteiger partial charge in [0.1, 0.15) is 0 Å². The van der Waals surface area contributed by atoms with Gasteiger partial charge in [-0.1, -0.05) is 73.3 Å². The molecule has 0 heteroatoms. The predicted octanol–water partition coefficient (Wildman–Crippen LogP) is 7.78. The first-order chi connectivity index (χ1) is 16.0. The zero-order chi connectivity index (χ0) is 23.2. The molecule has 0 spiro atoms. The average Bonchev–Trinajstić information content (AvgIpc) is 2.81. The molecule has 0 radical (unpaired) electrons. The van der Waals surface area contributed by atoms with Gasteiger partial charge in [0.25, 0.3) is 0 Å². The van der Waals surface area contributed by atoms with Gasteiger partial charge >= 0.3 is 0 Å². The van der Waals surface area contributed by atoms with Crippen molar-refractivity contribution in [3.05, 3.63) is 105 Å². The van der Waals surface area contributed by atoms with Crippen LogP contribution >= 0.6 is 0 Å². The van der Waals surface area contributed by atoms with Crippen LogP contribution < -0.4 is 0 Å². The molecule has 0 atom stereocenters. The molecule has 0 bridgehead atoms. The third kappa shape index (κ3) is 6.40. The lowest BCUT2D eigenvalue weighted by atomic mass is 9.80. The summed E-state index contributed by atoms with van der Waals surface area (Å²) in [6.07, 6.45) is 6.76. The van der Waals surface area contributed by atoms with Crippen molar-refractivity contribution in [3.8, 4) is 23.7 Å². The van der Waals surface area contributed by atoms with Crippen molar-refractivity contribution >= 4 is 0 Å². The summed E-state index contributed by atoms with van der Waals surface area (Å²) in [6.45, 7) is 8.74. The van der Waals surface area contributed by atoms with E-state index in [0.29, 0.717) is 0 Å². The van der Waals surface area contributed by atoms with Crippen molar-refractivity contribution < 1.29 is 0 Å². The summed E-state index contributed by atoms with van der Waals surface area (Å²) in [6, 6.07) is 21.5. The van der Waals surface area contributed by atoms with Crippen molar-refractivity contribution in [1.82, 2.24) is 0 Å². The monoisotopic (exact) mass is 430 g/mol. The highest BCUT2D eigenvalue weighted by Crippen LogP contribution is 2.30. The van der Waals surface area contributed by atoms with Gasteiger partial charge in [-0.25, -0.2) is 0 Å². The van der Waals surface area contributed by atoms with E-state index in [1.165, 1.54) is 54.4 Å². The fraction of sp³-hybridized carbons (Fsp3) is 0.333. The van der Waals surface area contributed by atoms with E-state index in [9.17, 15) is 0 Å². The molecule has 1 aliphatic carbocycles. The summed E-state index contributed by atoms with van der Waals surface area (Å²) in [7, 11) is 0. The molecule has 1 aliphatic rings. The Kier molecular flexibility index (Phi) is 7.37. The molecule has 33 heavy (non-hydrogen) atoms. The van der Waals surface area contributed by atoms with Gasteiger partial charge in [0.2, 0.25) is 0 Å². The Bertz CT molecular complexity index is 1190. The van der Waals surface area contributed by atoms with Gasteiger partial charge in [-0.05, 0) is 105 Å². The molecular formula is C33H34. The van der Waals surface area contributed by atoms with Gasteiger partial charge in [0.05, 0.1) is 0 Å². The maximum Gasteiger partial charge on any atom is 0.0308 e. The van der Waals surface area contributed by atoms with E-state index in [1.807, 2.05) is 0 Å². The molecule has 0 nitrogen and oxygen atoms in total. The molecule has 1 fully saturated rings. The van der Waals surface area contributed by atoms with Crippen molar-refractivity contribution in [1.29, 1.82) is 0 Å². The highest BCUT2D eigenvalue weighted by molar-refractivity contribution is 5.55. The zero-order valence-corrected chi connectivity index (χ0v) is 20.5. The Balaban J connectivity index is 1.44. The van der Waals surface area contributed by atoms with E-state index < -0.39 is 0 Å². The van der Waals surface area contributed by atoms with Crippen molar-refractivity contribution in [3.63, 3.8) is 0 Å². The van der Waals surface area contributed by atoms with Gasteiger partial charge in [-0.15, -0.1) is 0 Å². The minimum atomic E-state index is 0.857. The van der Waals surface area contributed by atoms with E-state index >= 15 is 0 Å². The number of rotatable bonds is 2. The lowest BCUT2D eigenvalue weighted by Gasteiger charge is -2.26. The number of hydrogen-bond acceptors (Lipinski definition) is 0. The second kappa shape index (κ2) is 10.6. The molecule has 0 aromatic heterocycles. The zero-order valence-electron chi connectivity index (χ0n) is 20.5. The number of hydrogen-bond donors (Lipinski definition) is 0. The van der Waals surface area contributed by atoms with Crippen LogP contribution in [0.1, 0.15) is 77.1 Å². The van der Waals surface area contributed by atoms with Crippen LogP contribution in [0.15, 0.2) is 60.7 Å². The largest absolute Gasteiger partial charge is 0.0625 e.